The van der Waals surface area contributed by atoms with Crippen molar-refractivity contribution in [2.75, 3.05) is 14.9 Å². The molecule has 2 heterocycles. The molecule has 0 aliphatic carbocycles. The zero-order chi connectivity index (χ0) is 21.3. The lowest BCUT2D eigenvalue weighted by Crippen LogP contribution is -2.45. The summed E-state index contributed by atoms with van der Waals surface area (Å²) in [5.41, 5.74) is 2.87. The largest absolute Gasteiger partial charge is 0.357 e. The van der Waals surface area contributed by atoms with Gasteiger partial charge in [0, 0.05) is 29.0 Å². The summed E-state index contributed by atoms with van der Waals surface area (Å²) < 4.78 is 27.3. The van der Waals surface area contributed by atoms with Crippen molar-refractivity contribution in [3.63, 3.8) is 0 Å². The summed E-state index contributed by atoms with van der Waals surface area (Å²) in [5, 5.41) is 4.89. The van der Waals surface area contributed by atoms with Gasteiger partial charge < -0.3 is 10.2 Å². The molecule has 1 aliphatic heterocycles. The number of amides is 1. The summed E-state index contributed by atoms with van der Waals surface area (Å²) in [5.74, 6) is -0.143. The lowest BCUT2D eigenvalue weighted by atomic mass is 10.1. The van der Waals surface area contributed by atoms with Crippen molar-refractivity contribution < 1.29 is 13.2 Å². The molecule has 0 saturated heterocycles. The predicted molar refractivity (Wildman–Crippen MR) is 120 cm³/mol. The number of nitrogens with zero attached hydrogens (tertiary/aromatic N) is 2. The van der Waals surface area contributed by atoms with E-state index in [0.29, 0.717) is 10.8 Å². The van der Waals surface area contributed by atoms with Gasteiger partial charge in [-0.3, -0.25) is 9.52 Å². The van der Waals surface area contributed by atoms with Gasteiger partial charge >= 0.3 is 0 Å². The van der Waals surface area contributed by atoms with Crippen molar-refractivity contribution in [3.8, 4) is 0 Å². The first-order valence-corrected chi connectivity index (χ1v) is 11.9. The topological polar surface area (TPSA) is 91.4 Å². The zero-order valence-corrected chi connectivity index (χ0v) is 18.2. The van der Waals surface area contributed by atoms with Crippen LogP contribution in [0.1, 0.15) is 19.4 Å². The molecule has 30 heavy (non-hydrogen) atoms. The Bertz CT molecular complexity index is 1150. The molecule has 3 aromatic rings. The minimum atomic E-state index is -3.72. The van der Waals surface area contributed by atoms with Crippen LogP contribution in [-0.4, -0.2) is 31.4 Å². The van der Waals surface area contributed by atoms with Gasteiger partial charge in [0.05, 0.1) is 4.90 Å². The summed E-state index contributed by atoms with van der Waals surface area (Å²) in [4.78, 5) is 19.0. The minimum Gasteiger partial charge on any atom is -0.357 e. The van der Waals surface area contributed by atoms with Crippen LogP contribution < -0.4 is 14.9 Å². The second kappa shape index (κ2) is 8.08. The van der Waals surface area contributed by atoms with Gasteiger partial charge in [0.1, 0.15) is 6.04 Å². The fourth-order valence-corrected chi connectivity index (χ4v) is 5.51. The number of thiazole rings is 1. The maximum absolute atomic E-state index is 12.9. The monoisotopic (exact) mass is 442 g/mol. The Balaban J connectivity index is 1.45. The normalized spacial score (nSPS) is 16.7. The van der Waals surface area contributed by atoms with Crippen LogP contribution in [0.15, 0.2) is 65.0 Å². The standard InChI is InChI=1S/C21H22N4O3S2/c1-14-13-16-5-3-4-6-19(16)25(14)15(2)20(26)23-17-7-9-18(10-8-17)30(27,28)24-21-22-11-12-29-21/h3-12,14-15H,13H2,1-2H3,(H,22,24)(H,23,26). The van der Waals surface area contributed by atoms with Crippen LogP contribution in [0.25, 0.3) is 0 Å². The number of sulfonamides is 1. The summed E-state index contributed by atoms with van der Waals surface area (Å²) in [7, 11) is -3.72. The van der Waals surface area contributed by atoms with Crippen LogP contribution in [0.3, 0.4) is 0 Å². The first kappa shape index (κ1) is 20.4. The molecule has 0 radical (unpaired) electrons. The molecular formula is C21H22N4O3S2. The highest BCUT2D eigenvalue weighted by Gasteiger charge is 2.32. The molecule has 2 N–H and O–H groups in total. The van der Waals surface area contributed by atoms with Gasteiger partial charge in [-0.1, -0.05) is 18.2 Å². The number of benzene rings is 2. The van der Waals surface area contributed by atoms with E-state index in [1.54, 1.807) is 17.5 Å². The summed E-state index contributed by atoms with van der Waals surface area (Å²) in [6.45, 7) is 3.99. The first-order valence-electron chi connectivity index (χ1n) is 9.54. The van der Waals surface area contributed by atoms with E-state index in [0.717, 1.165) is 12.1 Å². The average molecular weight is 443 g/mol. The number of para-hydroxylation sites is 1. The smallest absolute Gasteiger partial charge is 0.263 e. The van der Waals surface area contributed by atoms with Crippen LogP contribution in [0.2, 0.25) is 0 Å². The number of aromatic nitrogens is 1. The SMILES string of the molecule is CC1Cc2ccccc2N1C(C)C(=O)Nc1ccc(S(=O)(=O)Nc2nccs2)cc1. The van der Waals surface area contributed by atoms with E-state index in [-0.39, 0.29) is 22.9 Å². The maximum Gasteiger partial charge on any atom is 0.263 e. The van der Waals surface area contributed by atoms with E-state index in [9.17, 15) is 13.2 Å². The molecule has 156 valence electrons. The molecule has 0 fully saturated rings. The fraction of sp³-hybridized carbons (Fsp3) is 0.238. The highest BCUT2D eigenvalue weighted by Crippen LogP contribution is 2.33. The van der Waals surface area contributed by atoms with Gasteiger partial charge in [-0.2, -0.15) is 0 Å². The molecule has 1 amide bonds. The predicted octanol–water partition coefficient (Wildman–Crippen LogP) is 3.72. The van der Waals surface area contributed by atoms with E-state index in [2.05, 4.69) is 32.9 Å². The van der Waals surface area contributed by atoms with Gasteiger partial charge in [0.2, 0.25) is 5.91 Å². The number of anilines is 3. The molecule has 0 spiro atoms. The molecule has 1 aromatic heterocycles. The van der Waals surface area contributed by atoms with E-state index in [1.165, 1.54) is 35.2 Å². The molecule has 1 aliphatic rings. The summed E-state index contributed by atoms with van der Waals surface area (Å²) in [6, 6.07) is 14.1. The quantitative estimate of drug-likeness (QED) is 0.607. The van der Waals surface area contributed by atoms with Crippen molar-refractivity contribution in [2.24, 2.45) is 0 Å². The molecule has 2 atom stereocenters. The van der Waals surface area contributed by atoms with Gasteiger partial charge in [0.15, 0.2) is 5.13 Å². The fourth-order valence-electron chi connectivity index (χ4n) is 3.72. The molecule has 7 nitrogen and oxygen atoms in total. The molecule has 4 rings (SSSR count). The second-order valence-corrected chi connectivity index (χ2v) is 9.80. The van der Waals surface area contributed by atoms with Crippen LogP contribution in [0, 0.1) is 0 Å². The Hall–Kier alpha value is -2.91. The van der Waals surface area contributed by atoms with E-state index >= 15 is 0 Å². The summed E-state index contributed by atoms with van der Waals surface area (Å²) >= 11 is 1.20. The minimum absolute atomic E-state index is 0.103. The number of rotatable bonds is 6. The number of nitrogens with one attached hydrogen (secondary N) is 2. The third kappa shape index (κ3) is 4.03. The van der Waals surface area contributed by atoms with E-state index in [1.807, 2.05) is 25.1 Å². The molecular weight excluding hydrogens is 420 g/mol. The number of carbonyl (C=O) groups excluding carboxylic acids is 1. The number of hydrogen-bond donors (Lipinski definition) is 2. The van der Waals surface area contributed by atoms with Crippen LogP contribution in [0.5, 0.6) is 0 Å². The van der Waals surface area contributed by atoms with Gasteiger partial charge in [0.25, 0.3) is 10.0 Å². The summed E-state index contributed by atoms with van der Waals surface area (Å²) in [6.07, 6.45) is 2.44. The Labute approximate surface area is 179 Å². The van der Waals surface area contributed by atoms with Crippen LogP contribution >= 0.6 is 11.3 Å². The third-order valence-corrected chi connectivity index (χ3v) is 7.32. The van der Waals surface area contributed by atoms with Crippen molar-refractivity contribution in [2.45, 2.75) is 37.2 Å². The molecule has 0 bridgehead atoms. The first-order chi connectivity index (χ1) is 14.3. The Morgan fingerprint density at radius 1 is 1.20 bits per heavy atom. The van der Waals surface area contributed by atoms with Crippen molar-refractivity contribution >= 4 is 43.8 Å². The van der Waals surface area contributed by atoms with Crippen LogP contribution in [0.4, 0.5) is 16.5 Å². The average Bonchev–Trinajstić information content (AvgIpc) is 3.34. The number of fused-ring (bicyclic) bond motifs is 1. The molecule has 2 aromatic carbocycles. The number of carbonyl (C=O) groups is 1. The molecule has 2 unspecified atom stereocenters. The maximum atomic E-state index is 12.9. The van der Waals surface area contributed by atoms with E-state index in [4.69, 9.17) is 0 Å². The van der Waals surface area contributed by atoms with E-state index < -0.39 is 10.0 Å². The molecule has 0 saturated carbocycles. The highest BCUT2D eigenvalue weighted by atomic mass is 32.2. The highest BCUT2D eigenvalue weighted by molar-refractivity contribution is 7.93. The Morgan fingerprint density at radius 2 is 1.93 bits per heavy atom. The Morgan fingerprint density at radius 3 is 2.63 bits per heavy atom. The zero-order valence-electron chi connectivity index (χ0n) is 16.6. The molecule has 9 heteroatoms. The van der Waals surface area contributed by atoms with Crippen molar-refractivity contribution in [3.05, 3.63) is 65.7 Å². The van der Waals surface area contributed by atoms with Gasteiger partial charge in [-0.05, 0) is 56.2 Å². The Kier molecular flexibility index (Phi) is 5.48. The third-order valence-electron chi connectivity index (χ3n) is 5.14. The number of hydrogen-bond acceptors (Lipinski definition) is 6. The second-order valence-electron chi connectivity index (χ2n) is 7.22. The lowest BCUT2D eigenvalue weighted by Gasteiger charge is -2.30. The van der Waals surface area contributed by atoms with Gasteiger partial charge in [-0.25, -0.2) is 13.4 Å². The van der Waals surface area contributed by atoms with Crippen molar-refractivity contribution in [1.29, 1.82) is 0 Å². The van der Waals surface area contributed by atoms with Gasteiger partial charge in [-0.15, -0.1) is 11.3 Å². The van der Waals surface area contributed by atoms with Crippen LogP contribution in [-0.2, 0) is 21.2 Å². The van der Waals surface area contributed by atoms with Crippen molar-refractivity contribution in [1.82, 2.24) is 4.98 Å². The lowest BCUT2D eigenvalue weighted by molar-refractivity contribution is -0.117.